The van der Waals surface area contributed by atoms with Gasteiger partial charge in [-0.05, 0) is 29.5 Å². The van der Waals surface area contributed by atoms with E-state index in [9.17, 15) is 0 Å². The van der Waals surface area contributed by atoms with E-state index >= 15 is 0 Å². The summed E-state index contributed by atoms with van der Waals surface area (Å²) in [5, 5.41) is 14.4. The van der Waals surface area contributed by atoms with Crippen LogP contribution < -0.4 is 14.8 Å². The predicted molar refractivity (Wildman–Crippen MR) is 78.0 cm³/mol. The molecule has 20 heavy (non-hydrogen) atoms. The highest BCUT2D eigenvalue weighted by Gasteiger charge is 2.15. The van der Waals surface area contributed by atoms with Gasteiger partial charge in [0.25, 0.3) is 0 Å². The SMILES string of the molecule is CCOc1c(OC)ccc(Br)c1CNc1nnnn1C. The summed E-state index contributed by atoms with van der Waals surface area (Å²) in [5.74, 6) is 2.00. The molecule has 1 aromatic carbocycles. The summed E-state index contributed by atoms with van der Waals surface area (Å²) in [7, 11) is 3.39. The van der Waals surface area contributed by atoms with Crippen molar-refractivity contribution in [2.75, 3.05) is 19.0 Å². The van der Waals surface area contributed by atoms with Gasteiger partial charge >= 0.3 is 0 Å². The maximum atomic E-state index is 5.69. The summed E-state index contributed by atoms with van der Waals surface area (Å²) in [6.07, 6.45) is 0. The minimum Gasteiger partial charge on any atom is -0.493 e. The Morgan fingerprint density at radius 1 is 1.40 bits per heavy atom. The molecular weight excluding hydrogens is 326 g/mol. The second-order valence-corrected chi connectivity index (χ2v) is 4.82. The number of nitrogens with zero attached hydrogens (tertiary/aromatic N) is 4. The summed E-state index contributed by atoms with van der Waals surface area (Å²) < 4.78 is 13.5. The molecule has 0 spiro atoms. The highest BCUT2D eigenvalue weighted by Crippen LogP contribution is 2.36. The minimum atomic E-state index is 0.515. The molecule has 8 heteroatoms. The van der Waals surface area contributed by atoms with Gasteiger partial charge in [0.05, 0.1) is 13.7 Å². The van der Waals surface area contributed by atoms with Crippen LogP contribution in [0.15, 0.2) is 16.6 Å². The molecule has 0 atom stereocenters. The molecule has 0 aliphatic heterocycles. The molecule has 0 bridgehead atoms. The third-order valence-corrected chi connectivity index (χ3v) is 3.46. The standard InChI is InChI=1S/C12H16BrN5O2/c1-4-20-11-8(9(13)5-6-10(11)19-3)7-14-12-15-16-17-18(12)2/h5-6H,4,7H2,1-3H3,(H,14,15,17). The van der Waals surface area contributed by atoms with Crippen LogP contribution in [0.4, 0.5) is 5.95 Å². The molecule has 0 fully saturated rings. The fourth-order valence-electron chi connectivity index (χ4n) is 1.76. The van der Waals surface area contributed by atoms with Crippen LogP contribution >= 0.6 is 15.9 Å². The van der Waals surface area contributed by atoms with Crippen molar-refractivity contribution in [1.82, 2.24) is 20.2 Å². The number of aromatic nitrogens is 4. The van der Waals surface area contributed by atoms with Crippen molar-refractivity contribution in [3.63, 3.8) is 0 Å². The zero-order valence-electron chi connectivity index (χ0n) is 11.6. The van der Waals surface area contributed by atoms with E-state index in [-0.39, 0.29) is 0 Å². The van der Waals surface area contributed by atoms with Crippen molar-refractivity contribution in [2.24, 2.45) is 7.05 Å². The number of methoxy groups -OCH3 is 1. The molecular formula is C12H16BrN5O2. The van der Waals surface area contributed by atoms with E-state index in [4.69, 9.17) is 9.47 Å². The van der Waals surface area contributed by atoms with Gasteiger partial charge in [-0.3, -0.25) is 0 Å². The maximum Gasteiger partial charge on any atom is 0.242 e. The van der Waals surface area contributed by atoms with Crippen molar-refractivity contribution in [2.45, 2.75) is 13.5 Å². The van der Waals surface area contributed by atoms with Gasteiger partial charge in [0.1, 0.15) is 0 Å². The van der Waals surface area contributed by atoms with Crippen molar-refractivity contribution < 1.29 is 9.47 Å². The van der Waals surface area contributed by atoms with Gasteiger partial charge in [-0.2, -0.15) is 0 Å². The van der Waals surface area contributed by atoms with E-state index in [1.54, 1.807) is 18.8 Å². The lowest BCUT2D eigenvalue weighted by atomic mass is 10.2. The molecule has 1 heterocycles. The zero-order valence-corrected chi connectivity index (χ0v) is 13.1. The maximum absolute atomic E-state index is 5.69. The molecule has 0 aliphatic rings. The molecule has 0 saturated carbocycles. The highest BCUT2D eigenvalue weighted by atomic mass is 79.9. The first-order chi connectivity index (χ1) is 9.67. The van der Waals surface area contributed by atoms with Crippen molar-refractivity contribution in [3.8, 4) is 11.5 Å². The van der Waals surface area contributed by atoms with Gasteiger partial charge in [0.2, 0.25) is 5.95 Å². The van der Waals surface area contributed by atoms with E-state index in [1.165, 1.54) is 0 Å². The zero-order chi connectivity index (χ0) is 14.5. The number of anilines is 1. The van der Waals surface area contributed by atoms with Gasteiger partial charge in [-0.15, -0.1) is 0 Å². The van der Waals surface area contributed by atoms with Crippen molar-refractivity contribution in [1.29, 1.82) is 0 Å². The van der Waals surface area contributed by atoms with E-state index < -0.39 is 0 Å². The normalized spacial score (nSPS) is 10.4. The Labute approximate surface area is 125 Å². The van der Waals surface area contributed by atoms with Crippen LogP contribution in [0, 0.1) is 0 Å². The van der Waals surface area contributed by atoms with E-state index in [1.807, 2.05) is 19.1 Å². The molecule has 0 saturated heterocycles. The molecule has 0 amide bonds. The Morgan fingerprint density at radius 2 is 2.20 bits per heavy atom. The summed E-state index contributed by atoms with van der Waals surface area (Å²) in [4.78, 5) is 0. The second kappa shape index (κ2) is 6.56. The quantitative estimate of drug-likeness (QED) is 0.866. The first-order valence-electron chi connectivity index (χ1n) is 6.11. The summed E-state index contributed by atoms with van der Waals surface area (Å²) >= 11 is 3.53. The Hall–Kier alpha value is -1.83. The Kier molecular flexibility index (Phi) is 4.78. The summed E-state index contributed by atoms with van der Waals surface area (Å²) in [5.41, 5.74) is 0.953. The third-order valence-electron chi connectivity index (χ3n) is 2.72. The number of rotatable bonds is 6. The average molecular weight is 342 g/mol. The van der Waals surface area contributed by atoms with Crippen molar-refractivity contribution >= 4 is 21.9 Å². The fourth-order valence-corrected chi connectivity index (χ4v) is 2.21. The van der Waals surface area contributed by atoms with Gasteiger partial charge in [0, 0.05) is 23.6 Å². The highest BCUT2D eigenvalue weighted by molar-refractivity contribution is 9.10. The van der Waals surface area contributed by atoms with Gasteiger partial charge in [-0.1, -0.05) is 21.0 Å². The number of aryl methyl sites for hydroxylation is 1. The largest absolute Gasteiger partial charge is 0.493 e. The van der Waals surface area contributed by atoms with Gasteiger partial charge in [-0.25, -0.2) is 4.68 Å². The number of hydrogen-bond acceptors (Lipinski definition) is 6. The van der Waals surface area contributed by atoms with Crippen LogP contribution in [-0.4, -0.2) is 33.9 Å². The topological polar surface area (TPSA) is 74.1 Å². The van der Waals surface area contributed by atoms with E-state index in [0.717, 1.165) is 10.0 Å². The lowest BCUT2D eigenvalue weighted by Gasteiger charge is -2.16. The molecule has 0 radical (unpaired) electrons. The van der Waals surface area contributed by atoms with E-state index in [0.29, 0.717) is 30.6 Å². The van der Waals surface area contributed by atoms with Gasteiger partial charge < -0.3 is 14.8 Å². The average Bonchev–Trinajstić information content (AvgIpc) is 2.84. The second-order valence-electron chi connectivity index (χ2n) is 3.97. The first kappa shape index (κ1) is 14.6. The predicted octanol–water partition coefficient (Wildman–Crippen LogP) is 1.99. The minimum absolute atomic E-state index is 0.515. The Bertz CT molecular complexity index is 587. The molecule has 0 unspecified atom stereocenters. The summed E-state index contributed by atoms with van der Waals surface area (Å²) in [6.45, 7) is 3.01. The Morgan fingerprint density at radius 3 is 2.80 bits per heavy atom. The molecule has 7 nitrogen and oxygen atoms in total. The van der Waals surface area contributed by atoms with Gasteiger partial charge in [0.15, 0.2) is 11.5 Å². The van der Waals surface area contributed by atoms with Crippen LogP contribution in [0.1, 0.15) is 12.5 Å². The lowest BCUT2D eigenvalue weighted by molar-refractivity contribution is 0.307. The molecule has 1 N–H and O–H groups in total. The van der Waals surface area contributed by atoms with Crippen LogP contribution in [0.3, 0.4) is 0 Å². The smallest absolute Gasteiger partial charge is 0.242 e. The number of hydrogen-bond donors (Lipinski definition) is 1. The molecule has 2 aromatic rings. The number of halogens is 1. The van der Waals surface area contributed by atoms with E-state index in [2.05, 4.69) is 36.8 Å². The van der Waals surface area contributed by atoms with Crippen LogP contribution in [0.5, 0.6) is 11.5 Å². The fraction of sp³-hybridized carbons (Fsp3) is 0.417. The molecule has 108 valence electrons. The van der Waals surface area contributed by atoms with Crippen LogP contribution in [-0.2, 0) is 13.6 Å². The third kappa shape index (κ3) is 3.01. The molecule has 0 aliphatic carbocycles. The van der Waals surface area contributed by atoms with Crippen LogP contribution in [0.2, 0.25) is 0 Å². The molecule has 1 aromatic heterocycles. The lowest BCUT2D eigenvalue weighted by Crippen LogP contribution is -2.09. The number of nitrogens with one attached hydrogen (secondary N) is 1. The number of ether oxygens (including phenoxy) is 2. The molecule has 2 rings (SSSR count). The van der Waals surface area contributed by atoms with Crippen molar-refractivity contribution in [3.05, 3.63) is 22.2 Å². The first-order valence-corrected chi connectivity index (χ1v) is 6.91. The number of benzene rings is 1. The monoisotopic (exact) mass is 341 g/mol. The number of tetrazole rings is 1. The Balaban J connectivity index is 2.27. The van der Waals surface area contributed by atoms with Crippen LogP contribution in [0.25, 0.3) is 0 Å². The summed E-state index contributed by atoms with van der Waals surface area (Å²) in [6, 6.07) is 3.79.